The predicted molar refractivity (Wildman–Crippen MR) is 114 cm³/mol. The number of ether oxygens (including phenoxy) is 1. The Labute approximate surface area is 178 Å². The van der Waals surface area contributed by atoms with Gasteiger partial charge in [-0.3, -0.25) is 0 Å². The molecule has 0 saturated carbocycles. The third-order valence-electron chi connectivity index (χ3n) is 5.25. The molecule has 0 spiro atoms. The van der Waals surface area contributed by atoms with E-state index in [4.69, 9.17) is 4.74 Å². The summed E-state index contributed by atoms with van der Waals surface area (Å²) < 4.78 is 49.3. The Morgan fingerprint density at radius 2 is 1.97 bits per heavy atom. The molecule has 0 aliphatic carbocycles. The molecule has 166 valence electrons. The molecule has 0 fully saturated rings. The zero-order valence-electron chi connectivity index (χ0n) is 17.8. The van der Waals surface area contributed by atoms with Crippen molar-refractivity contribution in [1.82, 2.24) is 14.5 Å². The zero-order chi connectivity index (χ0) is 22.8. The van der Waals surface area contributed by atoms with Crippen molar-refractivity contribution < 1.29 is 23.0 Å². The van der Waals surface area contributed by atoms with E-state index in [9.17, 15) is 18.3 Å². The van der Waals surface area contributed by atoms with Gasteiger partial charge < -0.3 is 19.3 Å². The number of fused-ring (bicyclic) bond motifs is 1. The van der Waals surface area contributed by atoms with E-state index in [1.54, 1.807) is 37.5 Å². The normalized spacial score (nSPS) is 14.2. The lowest BCUT2D eigenvalue weighted by Gasteiger charge is -2.33. The number of aliphatic imine (C=N–C) groups is 1. The number of benzene rings is 2. The third-order valence-corrected chi connectivity index (χ3v) is 5.25. The van der Waals surface area contributed by atoms with E-state index in [1.165, 1.54) is 30.1 Å². The zero-order valence-corrected chi connectivity index (χ0v) is 17.8. The number of nitrogens with zero attached hydrogens (tertiary/aromatic N) is 4. The lowest BCUT2D eigenvalue weighted by Crippen LogP contribution is -2.46. The lowest BCUT2D eigenvalue weighted by molar-refractivity contribution is -0.272. The molecule has 1 heterocycles. The number of alkyl halides is 3. The highest BCUT2D eigenvalue weighted by atomic mass is 19.4. The molecular formula is C22H25F3N4O2. The minimum absolute atomic E-state index is 0.0962. The predicted octanol–water partition coefficient (Wildman–Crippen LogP) is 4.41. The second kappa shape index (κ2) is 8.58. The van der Waals surface area contributed by atoms with Crippen LogP contribution in [0.1, 0.15) is 18.1 Å². The molecule has 1 aromatic heterocycles. The Morgan fingerprint density at radius 3 is 2.61 bits per heavy atom. The van der Waals surface area contributed by atoms with Gasteiger partial charge in [0.15, 0.2) is 0 Å². The minimum atomic E-state index is -4.97. The average molecular weight is 434 g/mol. The van der Waals surface area contributed by atoms with Crippen LogP contribution in [0.15, 0.2) is 47.7 Å². The number of aromatic nitrogens is 2. The summed E-state index contributed by atoms with van der Waals surface area (Å²) in [6, 6.07) is 9.50. The Kier molecular flexibility index (Phi) is 6.26. The number of hydrogen-bond donors (Lipinski definition) is 1. The quantitative estimate of drug-likeness (QED) is 0.442. The van der Waals surface area contributed by atoms with Crippen molar-refractivity contribution in [1.29, 1.82) is 0 Å². The Bertz CT molecular complexity index is 1090. The van der Waals surface area contributed by atoms with E-state index in [0.717, 1.165) is 6.54 Å². The number of methoxy groups -OCH3 is 1. The number of aliphatic hydroxyl groups is 1. The number of rotatable bonds is 7. The first kappa shape index (κ1) is 22.6. The van der Waals surface area contributed by atoms with Gasteiger partial charge in [-0.15, -0.1) is 0 Å². The van der Waals surface area contributed by atoms with Crippen molar-refractivity contribution in [3.05, 3.63) is 53.9 Å². The molecule has 0 radical (unpaired) electrons. The van der Waals surface area contributed by atoms with Crippen molar-refractivity contribution >= 4 is 23.1 Å². The highest BCUT2D eigenvalue weighted by Crippen LogP contribution is 2.46. The van der Waals surface area contributed by atoms with Crippen LogP contribution in [-0.2, 0) is 12.1 Å². The molecule has 9 heteroatoms. The molecule has 0 amide bonds. The van der Waals surface area contributed by atoms with Crippen LogP contribution in [0.5, 0.6) is 5.75 Å². The Morgan fingerprint density at radius 1 is 1.26 bits per heavy atom. The van der Waals surface area contributed by atoms with E-state index in [1.807, 2.05) is 18.9 Å². The molecule has 3 rings (SSSR count). The molecule has 6 nitrogen and oxygen atoms in total. The summed E-state index contributed by atoms with van der Waals surface area (Å²) in [6.07, 6.45) is -2.08. The SMILES string of the molecule is CCN(C)C=Nc1cc(OC)c(C(O)(Cn2cnc3ccccc32)C(F)(F)F)cc1C. The summed E-state index contributed by atoms with van der Waals surface area (Å²) in [6.45, 7) is 3.55. The first-order valence-electron chi connectivity index (χ1n) is 9.73. The van der Waals surface area contributed by atoms with Crippen molar-refractivity contribution in [3.63, 3.8) is 0 Å². The lowest BCUT2D eigenvalue weighted by atomic mass is 9.90. The van der Waals surface area contributed by atoms with Gasteiger partial charge in [0.05, 0.1) is 43.0 Å². The minimum Gasteiger partial charge on any atom is -0.496 e. The van der Waals surface area contributed by atoms with Crippen LogP contribution >= 0.6 is 0 Å². The van der Waals surface area contributed by atoms with Crippen LogP contribution in [0.3, 0.4) is 0 Å². The second-order valence-corrected chi connectivity index (χ2v) is 7.38. The summed E-state index contributed by atoms with van der Waals surface area (Å²) in [5.41, 5.74) is -1.60. The fraction of sp³-hybridized carbons (Fsp3) is 0.364. The number of halogens is 3. The maximum atomic E-state index is 14.3. The molecule has 1 unspecified atom stereocenters. The number of imidazole rings is 1. The summed E-state index contributed by atoms with van der Waals surface area (Å²) in [5.74, 6) is -0.0962. The molecule has 2 aromatic carbocycles. The van der Waals surface area contributed by atoms with Gasteiger partial charge in [-0.1, -0.05) is 12.1 Å². The van der Waals surface area contributed by atoms with Gasteiger partial charge in [0.25, 0.3) is 0 Å². The van der Waals surface area contributed by atoms with Crippen molar-refractivity contribution in [2.45, 2.75) is 32.2 Å². The smallest absolute Gasteiger partial charge is 0.423 e. The van der Waals surface area contributed by atoms with Gasteiger partial charge in [0.1, 0.15) is 5.75 Å². The highest BCUT2D eigenvalue weighted by Gasteiger charge is 2.57. The molecule has 0 saturated heterocycles. The van der Waals surface area contributed by atoms with Crippen LogP contribution < -0.4 is 4.74 Å². The summed E-state index contributed by atoms with van der Waals surface area (Å²) >= 11 is 0. The van der Waals surface area contributed by atoms with Crippen LogP contribution in [0.4, 0.5) is 18.9 Å². The van der Waals surface area contributed by atoms with Crippen molar-refractivity contribution in [3.8, 4) is 5.75 Å². The summed E-state index contributed by atoms with van der Waals surface area (Å²) in [7, 11) is 3.10. The highest BCUT2D eigenvalue weighted by molar-refractivity contribution is 5.75. The molecule has 0 aliphatic heterocycles. The number of para-hydroxylation sites is 2. The van der Waals surface area contributed by atoms with Crippen molar-refractivity contribution in [2.75, 3.05) is 20.7 Å². The van der Waals surface area contributed by atoms with Crippen LogP contribution in [-0.4, -0.2) is 52.8 Å². The molecule has 31 heavy (non-hydrogen) atoms. The number of aryl methyl sites for hydroxylation is 1. The van der Waals surface area contributed by atoms with Gasteiger partial charge in [0, 0.05) is 25.2 Å². The van der Waals surface area contributed by atoms with E-state index in [-0.39, 0.29) is 11.3 Å². The van der Waals surface area contributed by atoms with Crippen LogP contribution in [0.2, 0.25) is 0 Å². The Hall–Kier alpha value is -3.07. The van der Waals surface area contributed by atoms with E-state index in [2.05, 4.69) is 9.98 Å². The van der Waals surface area contributed by atoms with E-state index in [0.29, 0.717) is 22.3 Å². The van der Waals surface area contributed by atoms with Gasteiger partial charge in [-0.25, -0.2) is 9.98 Å². The molecule has 1 atom stereocenters. The maximum Gasteiger partial charge on any atom is 0.423 e. The standard InChI is InChI=1S/C22H25F3N4O2/c1-5-28(3)13-26-18-11-20(31-4)16(10-15(18)2)21(30,22(23,24)25)12-29-14-27-17-8-6-7-9-19(17)29/h6-11,13-14,30H,5,12H2,1-4H3. The van der Waals surface area contributed by atoms with Crippen LogP contribution in [0.25, 0.3) is 11.0 Å². The van der Waals surface area contributed by atoms with Gasteiger partial charge in [-0.2, -0.15) is 13.2 Å². The average Bonchev–Trinajstić information content (AvgIpc) is 3.14. The summed E-state index contributed by atoms with van der Waals surface area (Å²) in [4.78, 5) is 10.3. The van der Waals surface area contributed by atoms with Gasteiger partial charge in [-0.05, 0) is 37.6 Å². The Balaban J connectivity index is 2.12. The molecule has 0 aliphatic rings. The third kappa shape index (κ3) is 4.36. The molecule has 3 aromatic rings. The van der Waals surface area contributed by atoms with Gasteiger partial charge in [0.2, 0.25) is 5.60 Å². The fourth-order valence-corrected chi connectivity index (χ4v) is 3.26. The molecule has 0 bridgehead atoms. The van der Waals surface area contributed by atoms with E-state index >= 15 is 0 Å². The van der Waals surface area contributed by atoms with E-state index < -0.39 is 18.3 Å². The topological polar surface area (TPSA) is 62.9 Å². The van der Waals surface area contributed by atoms with Crippen LogP contribution in [0, 0.1) is 6.92 Å². The molecule has 1 N–H and O–H groups in total. The van der Waals surface area contributed by atoms with Gasteiger partial charge >= 0.3 is 6.18 Å². The maximum absolute atomic E-state index is 14.3. The first-order chi connectivity index (χ1) is 14.6. The second-order valence-electron chi connectivity index (χ2n) is 7.38. The van der Waals surface area contributed by atoms with Crippen molar-refractivity contribution in [2.24, 2.45) is 4.99 Å². The first-order valence-corrected chi connectivity index (χ1v) is 9.73. The fourth-order valence-electron chi connectivity index (χ4n) is 3.26. The summed E-state index contributed by atoms with van der Waals surface area (Å²) in [5, 5.41) is 11.0. The number of hydrogen-bond acceptors (Lipinski definition) is 4. The largest absolute Gasteiger partial charge is 0.496 e. The molecular weight excluding hydrogens is 409 g/mol. The monoisotopic (exact) mass is 434 g/mol.